The van der Waals surface area contributed by atoms with Crippen molar-refractivity contribution in [3.63, 3.8) is 0 Å². The van der Waals surface area contributed by atoms with E-state index in [4.69, 9.17) is 4.74 Å². The average molecular weight is 475 g/mol. The Morgan fingerprint density at radius 3 is 2.57 bits per heavy atom. The molecule has 0 unspecified atom stereocenters. The smallest absolute Gasteiger partial charge is 0.251 e. The molecule has 1 saturated heterocycles. The van der Waals surface area contributed by atoms with Crippen molar-refractivity contribution in [3.8, 4) is 5.75 Å². The average Bonchev–Trinajstić information content (AvgIpc) is 2.90. The monoisotopic (exact) mass is 474 g/mol. The van der Waals surface area contributed by atoms with Gasteiger partial charge < -0.3 is 24.8 Å². The van der Waals surface area contributed by atoms with Gasteiger partial charge in [-0.1, -0.05) is 42.5 Å². The van der Waals surface area contributed by atoms with Crippen LogP contribution in [0.2, 0.25) is 0 Å². The molecule has 1 aromatic heterocycles. The van der Waals surface area contributed by atoms with E-state index in [1.165, 1.54) is 11.6 Å². The van der Waals surface area contributed by atoms with Gasteiger partial charge in [0.25, 0.3) is 11.5 Å². The molecule has 2 aromatic carbocycles. The van der Waals surface area contributed by atoms with Crippen LogP contribution in [0.4, 0.5) is 0 Å². The third kappa shape index (κ3) is 6.18. The van der Waals surface area contributed by atoms with Crippen LogP contribution < -0.4 is 20.9 Å². The van der Waals surface area contributed by atoms with Crippen LogP contribution in [0.1, 0.15) is 28.8 Å². The largest absolute Gasteiger partial charge is 0.497 e. The topological polar surface area (TPSA) is 75.6 Å². The number of carbonyl (C=O) groups excluding carboxylic acids is 1. The van der Waals surface area contributed by atoms with E-state index in [1.807, 2.05) is 36.4 Å². The highest BCUT2D eigenvalue weighted by Gasteiger charge is 2.19. The molecule has 0 spiro atoms. The third-order valence-electron chi connectivity index (χ3n) is 6.65. The molecule has 1 amide bonds. The van der Waals surface area contributed by atoms with Crippen LogP contribution in [0, 0.1) is 0 Å². The molecular weight excluding hydrogens is 440 g/mol. The van der Waals surface area contributed by atoms with Crippen molar-refractivity contribution in [2.75, 3.05) is 40.3 Å². The molecule has 0 aliphatic carbocycles. The number of fused-ring (bicyclic) bond motifs is 1. The predicted octanol–water partition coefficient (Wildman–Crippen LogP) is 3.14. The minimum absolute atomic E-state index is 0.175. The van der Waals surface area contributed by atoms with E-state index < -0.39 is 0 Å². The number of amides is 1. The number of methoxy groups -OCH3 is 1. The van der Waals surface area contributed by atoms with E-state index in [0.29, 0.717) is 23.9 Å². The molecule has 2 heterocycles. The van der Waals surface area contributed by atoms with Crippen molar-refractivity contribution in [2.45, 2.75) is 25.4 Å². The van der Waals surface area contributed by atoms with Gasteiger partial charge in [-0.25, -0.2) is 0 Å². The van der Waals surface area contributed by atoms with E-state index in [0.717, 1.165) is 49.9 Å². The van der Waals surface area contributed by atoms with Crippen molar-refractivity contribution in [1.29, 1.82) is 0 Å². The minimum Gasteiger partial charge on any atom is -0.497 e. The summed E-state index contributed by atoms with van der Waals surface area (Å²) >= 11 is 0. The lowest BCUT2D eigenvalue weighted by Gasteiger charge is -2.32. The summed E-state index contributed by atoms with van der Waals surface area (Å²) < 4.78 is 7.13. The number of likely N-dealkylation sites (tertiary alicyclic amines) is 1. The molecule has 184 valence electrons. The maximum Gasteiger partial charge on any atom is 0.251 e. The first-order chi connectivity index (χ1) is 17.1. The normalized spacial score (nSPS) is 15.0. The third-order valence-corrected chi connectivity index (χ3v) is 6.65. The van der Waals surface area contributed by atoms with Crippen LogP contribution in [-0.4, -0.2) is 61.8 Å². The summed E-state index contributed by atoms with van der Waals surface area (Å²) in [6.07, 6.45) is 6.49. The Labute approximate surface area is 206 Å². The molecule has 1 aliphatic heterocycles. The van der Waals surface area contributed by atoms with Crippen LogP contribution in [0.25, 0.3) is 17.0 Å². The first-order valence-corrected chi connectivity index (χ1v) is 12.2. The Kier molecular flexibility index (Phi) is 8.34. The van der Waals surface area contributed by atoms with Crippen LogP contribution in [0.5, 0.6) is 5.75 Å². The molecule has 0 saturated carbocycles. The van der Waals surface area contributed by atoms with Crippen molar-refractivity contribution in [2.24, 2.45) is 0 Å². The van der Waals surface area contributed by atoms with E-state index in [-0.39, 0.29) is 11.5 Å². The van der Waals surface area contributed by atoms with Gasteiger partial charge in [-0.2, -0.15) is 0 Å². The number of hydrogen-bond donors (Lipinski definition) is 2. The first-order valence-electron chi connectivity index (χ1n) is 12.2. The fourth-order valence-corrected chi connectivity index (χ4v) is 4.64. The van der Waals surface area contributed by atoms with Crippen LogP contribution in [-0.2, 0) is 6.54 Å². The Bertz CT molecular complexity index is 1230. The Morgan fingerprint density at radius 1 is 1.09 bits per heavy atom. The van der Waals surface area contributed by atoms with Crippen molar-refractivity contribution in [1.82, 2.24) is 20.1 Å². The summed E-state index contributed by atoms with van der Waals surface area (Å²) in [5, 5.41) is 7.01. The molecule has 0 atom stereocenters. The number of aromatic nitrogens is 1. The van der Waals surface area contributed by atoms with Crippen molar-refractivity contribution in [3.05, 3.63) is 82.2 Å². The quantitative estimate of drug-likeness (QED) is 0.498. The number of carbonyl (C=O) groups is 1. The standard InChI is InChI=1S/C28H34N4O3/c1-29-28(34)25-20-27(33)32(26-19-23(35-2)10-11-24(25)26)18-17-31-15-12-22(13-16-31)30-14-6-9-21-7-4-3-5-8-21/h3-11,19-20,22,30H,12-18H2,1-2H3,(H,29,34). The summed E-state index contributed by atoms with van der Waals surface area (Å²) in [6, 6.07) is 17.8. The Hall–Kier alpha value is -3.42. The molecule has 2 N–H and O–H groups in total. The lowest BCUT2D eigenvalue weighted by molar-refractivity contribution is 0.0964. The molecule has 3 aromatic rings. The van der Waals surface area contributed by atoms with Crippen LogP contribution in [0.15, 0.2) is 65.5 Å². The van der Waals surface area contributed by atoms with Gasteiger partial charge in [-0.15, -0.1) is 0 Å². The van der Waals surface area contributed by atoms with Gasteiger partial charge >= 0.3 is 0 Å². The summed E-state index contributed by atoms with van der Waals surface area (Å²) in [6.45, 7) is 4.19. The van der Waals surface area contributed by atoms with E-state index in [9.17, 15) is 9.59 Å². The number of hydrogen-bond acceptors (Lipinski definition) is 5. The molecule has 4 rings (SSSR count). The molecule has 35 heavy (non-hydrogen) atoms. The summed E-state index contributed by atoms with van der Waals surface area (Å²) in [4.78, 5) is 27.7. The number of benzene rings is 2. The molecule has 7 heteroatoms. The van der Waals surface area contributed by atoms with Crippen LogP contribution >= 0.6 is 0 Å². The fraction of sp³-hybridized carbons (Fsp3) is 0.357. The van der Waals surface area contributed by atoms with Gasteiger partial charge in [-0.3, -0.25) is 9.59 Å². The highest BCUT2D eigenvalue weighted by atomic mass is 16.5. The summed E-state index contributed by atoms with van der Waals surface area (Å²) in [7, 11) is 3.17. The SMILES string of the molecule is CNC(=O)c1cc(=O)n(CCN2CCC(NCC=Cc3ccccc3)CC2)c2cc(OC)ccc12. The molecule has 0 bridgehead atoms. The number of nitrogens with zero attached hydrogens (tertiary/aromatic N) is 2. The van der Waals surface area contributed by atoms with Gasteiger partial charge in [0.15, 0.2) is 0 Å². The predicted molar refractivity (Wildman–Crippen MR) is 141 cm³/mol. The summed E-state index contributed by atoms with van der Waals surface area (Å²) in [5.41, 5.74) is 2.15. The Morgan fingerprint density at radius 2 is 1.86 bits per heavy atom. The zero-order valence-electron chi connectivity index (χ0n) is 20.5. The highest BCUT2D eigenvalue weighted by Crippen LogP contribution is 2.23. The second-order valence-corrected chi connectivity index (χ2v) is 8.85. The number of ether oxygens (including phenoxy) is 1. The molecular formula is C28H34N4O3. The van der Waals surface area contributed by atoms with Crippen LogP contribution in [0.3, 0.4) is 0 Å². The summed E-state index contributed by atoms with van der Waals surface area (Å²) in [5.74, 6) is 0.394. The lowest BCUT2D eigenvalue weighted by Crippen LogP contribution is -2.44. The Balaban J connectivity index is 1.35. The first kappa shape index (κ1) is 24.7. The maximum absolute atomic E-state index is 13.0. The van der Waals surface area contributed by atoms with Gasteiger partial charge in [0.2, 0.25) is 0 Å². The molecule has 7 nitrogen and oxygen atoms in total. The molecule has 1 aliphatic rings. The molecule has 0 radical (unpaired) electrons. The maximum atomic E-state index is 13.0. The zero-order chi connectivity index (χ0) is 24.6. The van der Waals surface area contributed by atoms with Crippen molar-refractivity contribution < 1.29 is 9.53 Å². The van der Waals surface area contributed by atoms with Crippen molar-refractivity contribution >= 4 is 22.9 Å². The fourth-order valence-electron chi connectivity index (χ4n) is 4.64. The number of rotatable bonds is 9. The van der Waals surface area contributed by atoms with Gasteiger partial charge in [-0.05, 0) is 43.6 Å². The van der Waals surface area contributed by atoms with E-state index in [1.54, 1.807) is 18.7 Å². The second kappa shape index (κ2) is 11.8. The number of nitrogens with one attached hydrogen (secondary N) is 2. The van der Waals surface area contributed by atoms with E-state index >= 15 is 0 Å². The number of piperidine rings is 1. The van der Waals surface area contributed by atoms with Gasteiger partial charge in [0.1, 0.15) is 5.75 Å². The van der Waals surface area contributed by atoms with E-state index in [2.05, 4.69) is 39.8 Å². The second-order valence-electron chi connectivity index (χ2n) is 8.85. The van der Waals surface area contributed by atoms with Gasteiger partial charge in [0, 0.05) is 50.2 Å². The van der Waals surface area contributed by atoms with Gasteiger partial charge in [0.05, 0.1) is 18.2 Å². The minimum atomic E-state index is -0.266. The number of pyridine rings is 1. The lowest BCUT2D eigenvalue weighted by atomic mass is 10.0. The highest BCUT2D eigenvalue weighted by molar-refractivity contribution is 6.06. The zero-order valence-corrected chi connectivity index (χ0v) is 20.5. The molecule has 1 fully saturated rings.